The summed E-state index contributed by atoms with van der Waals surface area (Å²) < 4.78 is 9.42. The lowest BCUT2D eigenvalue weighted by molar-refractivity contribution is -0.385. The van der Waals surface area contributed by atoms with Gasteiger partial charge in [0.1, 0.15) is 5.75 Å². The van der Waals surface area contributed by atoms with Crippen LogP contribution < -0.4 is 4.74 Å². The van der Waals surface area contributed by atoms with E-state index in [1.165, 1.54) is 33.3 Å². The Morgan fingerprint density at radius 1 is 1.38 bits per heavy atom. The highest BCUT2D eigenvalue weighted by Crippen LogP contribution is 2.28. The molecule has 0 spiro atoms. The number of benzene rings is 1. The zero-order valence-electron chi connectivity index (χ0n) is 9.14. The predicted molar refractivity (Wildman–Crippen MR) is 55.7 cm³/mol. The summed E-state index contributed by atoms with van der Waals surface area (Å²) in [7, 11) is 2.59. The van der Waals surface area contributed by atoms with Gasteiger partial charge in [0.05, 0.1) is 30.8 Å². The lowest BCUT2D eigenvalue weighted by Gasteiger charge is -2.07. The molecule has 1 aromatic rings. The van der Waals surface area contributed by atoms with Crippen LogP contribution in [0.1, 0.15) is 15.9 Å². The lowest BCUT2D eigenvalue weighted by atomic mass is 10.1. The minimum absolute atomic E-state index is 0.133. The molecule has 0 N–H and O–H groups in total. The molecule has 1 rings (SSSR count). The van der Waals surface area contributed by atoms with Crippen molar-refractivity contribution in [2.45, 2.75) is 6.92 Å². The number of nitro groups is 1. The maximum absolute atomic E-state index is 11.4. The molecule has 6 heteroatoms. The second kappa shape index (κ2) is 4.61. The minimum Gasteiger partial charge on any atom is -0.496 e. The number of esters is 1. The molecule has 0 amide bonds. The Hall–Kier alpha value is -2.11. The van der Waals surface area contributed by atoms with Gasteiger partial charge in [-0.2, -0.15) is 0 Å². The van der Waals surface area contributed by atoms with Crippen molar-refractivity contribution in [2.24, 2.45) is 0 Å². The Morgan fingerprint density at radius 3 is 2.44 bits per heavy atom. The molecule has 0 saturated carbocycles. The summed E-state index contributed by atoms with van der Waals surface area (Å²) >= 11 is 0. The highest BCUT2D eigenvalue weighted by molar-refractivity contribution is 5.92. The SMILES string of the molecule is COC(=O)c1cc(OC)cc([N+](=O)[O-])c1C. The first-order valence-electron chi connectivity index (χ1n) is 4.42. The lowest BCUT2D eigenvalue weighted by Crippen LogP contribution is -2.06. The molecular weight excluding hydrogens is 214 g/mol. The summed E-state index contributed by atoms with van der Waals surface area (Å²) in [5.41, 5.74) is 0.228. The van der Waals surface area contributed by atoms with Crippen LogP contribution in [-0.2, 0) is 4.74 Å². The number of rotatable bonds is 3. The molecule has 0 fully saturated rings. The normalized spacial score (nSPS) is 9.69. The van der Waals surface area contributed by atoms with Gasteiger partial charge in [-0.05, 0) is 13.0 Å². The van der Waals surface area contributed by atoms with E-state index in [-0.39, 0.29) is 22.6 Å². The van der Waals surface area contributed by atoms with Crippen molar-refractivity contribution in [2.75, 3.05) is 14.2 Å². The van der Waals surface area contributed by atoms with Crippen LogP contribution in [0.4, 0.5) is 5.69 Å². The maximum atomic E-state index is 11.4. The van der Waals surface area contributed by atoms with Crippen molar-refractivity contribution >= 4 is 11.7 Å². The molecule has 0 unspecified atom stereocenters. The van der Waals surface area contributed by atoms with Gasteiger partial charge < -0.3 is 9.47 Å². The molecule has 0 heterocycles. The van der Waals surface area contributed by atoms with E-state index in [0.717, 1.165) is 0 Å². The average Bonchev–Trinajstić information content (AvgIpc) is 2.28. The summed E-state index contributed by atoms with van der Waals surface area (Å²) in [6, 6.07) is 2.68. The summed E-state index contributed by atoms with van der Waals surface area (Å²) in [6.45, 7) is 1.49. The predicted octanol–water partition coefficient (Wildman–Crippen LogP) is 1.70. The van der Waals surface area contributed by atoms with Gasteiger partial charge >= 0.3 is 5.97 Å². The molecular formula is C10H11NO5. The molecule has 6 nitrogen and oxygen atoms in total. The highest BCUT2D eigenvalue weighted by atomic mass is 16.6. The van der Waals surface area contributed by atoms with Gasteiger partial charge in [-0.25, -0.2) is 4.79 Å². The second-order valence-corrected chi connectivity index (χ2v) is 3.07. The fraction of sp³-hybridized carbons (Fsp3) is 0.300. The molecule has 0 aliphatic rings. The summed E-state index contributed by atoms with van der Waals surface area (Å²) in [5.74, 6) is -0.378. The Labute approximate surface area is 91.9 Å². The van der Waals surface area contributed by atoms with Crippen molar-refractivity contribution < 1.29 is 19.2 Å². The van der Waals surface area contributed by atoms with E-state index in [0.29, 0.717) is 0 Å². The first-order valence-corrected chi connectivity index (χ1v) is 4.42. The summed E-state index contributed by atoms with van der Waals surface area (Å²) in [5, 5.41) is 10.8. The van der Waals surface area contributed by atoms with Crippen molar-refractivity contribution in [3.63, 3.8) is 0 Å². The van der Waals surface area contributed by atoms with Crippen LogP contribution in [0.3, 0.4) is 0 Å². The number of nitro benzene ring substituents is 1. The van der Waals surface area contributed by atoms with E-state index in [9.17, 15) is 14.9 Å². The van der Waals surface area contributed by atoms with E-state index in [1.807, 2.05) is 0 Å². The molecule has 0 radical (unpaired) electrons. The van der Waals surface area contributed by atoms with E-state index < -0.39 is 10.9 Å². The van der Waals surface area contributed by atoms with Gasteiger partial charge in [0.2, 0.25) is 0 Å². The monoisotopic (exact) mass is 225 g/mol. The van der Waals surface area contributed by atoms with Gasteiger partial charge in [0.15, 0.2) is 0 Å². The molecule has 1 aromatic carbocycles. The van der Waals surface area contributed by atoms with Crippen LogP contribution in [0, 0.1) is 17.0 Å². The van der Waals surface area contributed by atoms with Crippen LogP contribution in [0.15, 0.2) is 12.1 Å². The Morgan fingerprint density at radius 2 is 2.00 bits per heavy atom. The standard InChI is InChI=1S/C10H11NO5/c1-6-8(10(12)16-3)4-7(15-2)5-9(6)11(13)14/h4-5H,1-3H3. The van der Waals surface area contributed by atoms with Crippen LogP contribution >= 0.6 is 0 Å². The average molecular weight is 225 g/mol. The van der Waals surface area contributed by atoms with Crippen LogP contribution in [0.5, 0.6) is 5.75 Å². The number of carbonyl (C=O) groups excluding carboxylic acids is 1. The molecule has 0 saturated heterocycles. The van der Waals surface area contributed by atoms with Gasteiger partial charge in [-0.1, -0.05) is 0 Å². The van der Waals surface area contributed by atoms with Crippen LogP contribution in [-0.4, -0.2) is 25.1 Å². The maximum Gasteiger partial charge on any atom is 0.338 e. The van der Waals surface area contributed by atoms with Crippen molar-refractivity contribution in [1.29, 1.82) is 0 Å². The first-order chi connectivity index (χ1) is 7.51. The van der Waals surface area contributed by atoms with Crippen molar-refractivity contribution in [1.82, 2.24) is 0 Å². The van der Waals surface area contributed by atoms with Gasteiger partial charge in [0.25, 0.3) is 5.69 Å². The molecule has 0 aromatic heterocycles. The number of hydrogen-bond donors (Lipinski definition) is 0. The molecule has 16 heavy (non-hydrogen) atoms. The zero-order valence-corrected chi connectivity index (χ0v) is 9.14. The third-order valence-corrected chi connectivity index (χ3v) is 2.19. The summed E-state index contributed by atoms with van der Waals surface area (Å²) in [4.78, 5) is 21.6. The number of carbonyl (C=O) groups is 1. The van der Waals surface area contributed by atoms with Crippen LogP contribution in [0.2, 0.25) is 0 Å². The Balaban J connectivity index is 3.43. The highest BCUT2D eigenvalue weighted by Gasteiger charge is 2.21. The van der Waals surface area contributed by atoms with Gasteiger partial charge in [0, 0.05) is 5.56 Å². The van der Waals surface area contributed by atoms with Crippen molar-refractivity contribution in [3.05, 3.63) is 33.4 Å². The number of nitrogens with zero attached hydrogens (tertiary/aromatic N) is 1. The van der Waals surface area contributed by atoms with E-state index >= 15 is 0 Å². The molecule has 0 bridgehead atoms. The topological polar surface area (TPSA) is 78.7 Å². The van der Waals surface area contributed by atoms with Gasteiger partial charge in [-0.3, -0.25) is 10.1 Å². The van der Waals surface area contributed by atoms with Crippen molar-refractivity contribution in [3.8, 4) is 5.75 Å². The fourth-order valence-corrected chi connectivity index (χ4v) is 1.30. The largest absolute Gasteiger partial charge is 0.496 e. The quantitative estimate of drug-likeness (QED) is 0.444. The molecule has 0 atom stereocenters. The smallest absolute Gasteiger partial charge is 0.338 e. The molecule has 0 aliphatic heterocycles. The fourth-order valence-electron chi connectivity index (χ4n) is 1.30. The summed E-state index contributed by atoms with van der Waals surface area (Å²) in [6.07, 6.45) is 0. The van der Waals surface area contributed by atoms with Crippen LogP contribution in [0.25, 0.3) is 0 Å². The third-order valence-electron chi connectivity index (χ3n) is 2.19. The zero-order chi connectivity index (χ0) is 12.3. The number of hydrogen-bond acceptors (Lipinski definition) is 5. The van der Waals surface area contributed by atoms with E-state index in [1.54, 1.807) is 0 Å². The Bertz CT molecular complexity index is 441. The first kappa shape index (κ1) is 12.0. The number of ether oxygens (including phenoxy) is 2. The second-order valence-electron chi connectivity index (χ2n) is 3.07. The minimum atomic E-state index is -0.625. The molecule has 86 valence electrons. The Kier molecular flexibility index (Phi) is 3.44. The van der Waals surface area contributed by atoms with E-state index in [2.05, 4.69) is 4.74 Å². The third kappa shape index (κ3) is 2.10. The van der Waals surface area contributed by atoms with E-state index in [4.69, 9.17) is 4.74 Å². The number of methoxy groups -OCH3 is 2. The molecule has 0 aliphatic carbocycles. The van der Waals surface area contributed by atoms with Gasteiger partial charge in [-0.15, -0.1) is 0 Å².